The lowest BCUT2D eigenvalue weighted by Gasteiger charge is -2.41. The summed E-state index contributed by atoms with van der Waals surface area (Å²) in [6.07, 6.45) is 0.000466. The largest absolute Gasteiger partial charge is 0.480 e. The first kappa shape index (κ1) is 56.3. The molecule has 0 bridgehead atoms. The second kappa shape index (κ2) is 25.9. The Labute approximate surface area is 399 Å². The smallest absolute Gasteiger partial charge is 0.412 e. The number of nitrogens with zero attached hydrogens (tertiary/aromatic N) is 3. The van der Waals surface area contributed by atoms with Crippen LogP contribution in [0.4, 0.5) is 10.5 Å². The summed E-state index contributed by atoms with van der Waals surface area (Å²) in [5, 5.41) is 18.5. The van der Waals surface area contributed by atoms with Crippen LogP contribution >= 0.6 is 0 Å². The van der Waals surface area contributed by atoms with Crippen molar-refractivity contribution in [3.05, 3.63) is 65.7 Å². The van der Waals surface area contributed by atoms with Gasteiger partial charge >= 0.3 is 12.1 Å². The van der Waals surface area contributed by atoms with Crippen LogP contribution in [0.2, 0.25) is 0 Å². The Morgan fingerprint density at radius 3 is 2.04 bits per heavy atom. The maximum atomic E-state index is 14.7. The third kappa shape index (κ3) is 16.3. The molecule has 1 saturated heterocycles. The van der Waals surface area contributed by atoms with Crippen LogP contribution in [-0.4, -0.2) is 138 Å². The fraction of sp³-hybridized carbons (Fsp3) is 0.647. The highest BCUT2D eigenvalue weighted by molar-refractivity contribution is 5.90. The quantitative estimate of drug-likeness (QED) is 0.0915. The van der Waals surface area contributed by atoms with Gasteiger partial charge in [-0.25, -0.2) is 9.59 Å². The number of amides is 5. The van der Waals surface area contributed by atoms with Crippen molar-refractivity contribution in [1.82, 2.24) is 25.3 Å². The molecule has 1 aliphatic rings. The summed E-state index contributed by atoms with van der Waals surface area (Å²) < 4.78 is 17.4. The summed E-state index contributed by atoms with van der Waals surface area (Å²) in [5.74, 6) is -3.76. The molecule has 374 valence electrons. The van der Waals surface area contributed by atoms with Gasteiger partial charge in [-0.05, 0) is 81.7 Å². The molecule has 3 rings (SSSR count). The number of likely N-dealkylation sites (tertiary alicyclic amines) is 1. The molecule has 2 aromatic rings. The zero-order valence-electron chi connectivity index (χ0n) is 42.5. The van der Waals surface area contributed by atoms with Crippen molar-refractivity contribution >= 4 is 41.4 Å². The van der Waals surface area contributed by atoms with Gasteiger partial charge in [-0.15, -0.1) is 0 Å². The van der Waals surface area contributed by atoms with Crippen molar-refractivity contribution in [3.8, 4) is 0 Å². The van der Waals surface area contributed by atoms with Gasteiger partial charge in [0.25, 0.3) is 0 Å². The Morgan fingerprint density at radius 1 is 0.851 bits per heavy atom. The van der Waals surface area contributed by atoms with E-state index in [0.29, 0.717) is 38.0 Å². The van der Waals surface area contributed by atoms with Crippen LogP contribution in [0.5, 0.6) is 0 Å². The van der Waals surface area contributed by atoms with E-state index in [1.165, 1.54) is 14.2 Å². The van der Waals surface area contributed by atoms with Crippen molar-refractivity contribution in [2.75, 3.05) is 40.2 Å². The van der Waals surface area contributed by atoms with Gasteiger partial charge in [0.15, 0.2) is 0 Å². The average Bonchev–Trinajstić information content (AvgIpc) is 3.74. The highest BCUT2D eigenvalue weighted by Gasteiger charge is 2.43. The van der Waals surface area contributed by atoms with E-state index in [1.54, 1.807) is 50.6 Å². The number of likely N-dealkylation sites (N-methyl/N-ethyl adjacent to an activating group) is 2. The van der Waals surface area contributed by atoms with Gasteiger partial charge in [-0.2, -0.15) is 0 Å². The number of carbonyl (C=O) groups excluding carboxylic acids is 5. The van der Waals surface area contributed by atoms with Crippen LogP contribution in [0.15, 0.2) is 54.6 Å². The van der Waals surface area contributed by atoms with Gasteiger partial charge in [-0.3, -0.25) is 29.4 Å². The molecule has 1 fully saturated rings. The third-order valence-electron chi connectivity index (χ3n) is 12.8. The summed E-state index contributed by atoms with van der Waals surface area (Å²) in [4.78, 5) is 86.8. The summed E-state index contributed by atoms with van der Waals surface area (Å²) in [7, 11) is 6.57. The number of anilines is 1. The number of aliphatic carboxylic acids is 1. The number of nitrogens with one attached hydrogen (secondary N) is 3. The van der Waals surface area contributed by atoms with E-state index in [4.69, 9.17) is 14.2 Å². The monoisotopic (exact) mass is 937 g/mol. The van der Waals surface area contributed by atoms with E-state index >= 15 is 0 Å². The molecule has 0 aliphatic carbocycles. The van der Waals surface area contributed by atoms with Crippen LogP contribution < -0.4 is 16.0 Å². The zero-order valence-corrected chi connectivity index (χ0v) is 42.5. The lowest BCUT2D eigenvalue weighted by Crippen LogP contribution is -2.60. The predicted molar refractivity (Wildman–Crippen MR) is 259 cm³/mol. The minimum Gasteiger partial charge on any atom is -0.480 e. The van der Waals surface area contributed by atoms with E-state index in [9.17, 15) is 33.9 Å². The number of hydrogen-bond donors (Lipinski definition) is 4. The number of carboxylic acid groups (broad SMARTS) is 1. The molecule has 67 heavy (non-hydrogen) atoms. The molecule has 0 radical (unpaired) electrons. The topological polar surface area (TPSA) is 196 Å². The fourth-order valence-corrected chi connectivity index (χ4v) is 9.20. The average molecular weight is 937 g/mol. The maximum absolute atomic E-state index is 14.7. The summed E-state index contributed by atoms with van der Waals surface area (Å²) >= 11 is 0. The van der Waals surface area contributed by atoms with E-state index in [0.717, 1.165) is 11.1 Å². The van der Waals surface area contributed by atoms with Crippen molar-refractivity contribution in [2.45, 2.75) is 156 Å². The van der Waals surface area contributed by atoms with Crippen LogP contribution in [-0.2, 0) is 51.1 Å². The highest BCUT2D eigenvalue weighted by atomic mass is 16.6. The van der Waals surface area contributed by atoms with Gasteiger partial charge < -0.3 is 39.8 Å². The van der Waals surface area contributed by atoms with E-state index in [1.807, 2.05) is 102 Å². The predicted octanol–water partition coefficient (Wildman–Crippen LogP) is 6.36. The Bertz CT molecular complexity index is 1940. The Balaban J connectivity index is 1.77. The molecule has 16 nitrogen and oxygen atoms in total. The number of benzene rings is 2. The molecule has 1 heterocycles. The molecule has 5 amide bonds. The lowest BCUT2D eigenvalue weighted by atomic mass is 9.89. The fourth-order valence-electron chi connectivity index (χ4n) is 9.20. The number of ether oxygens (including phenoxy) is 3. The first-order chi connectivity index (χ1) is 31.4. The SMILES string of the molecule is CC[C@H](C)[C@@H]([C@@H](CC(=O)N1CCCC1[C@H](OC)[C@@H](C)C(=O)NC(Cc1ccccc1)C(=O)O)OC)N(C)C(=O)C(NC(=O)C(C(C)C)N(C)Cc1cccc(NC(=O)OC(C)(C)C)c1)C(C)C. The second-order valence-electron chi connectivity index (χ2n) is 19.8. The molecule has 2 aromatic carbocycles. The Morgan fingerprint density at radius 2 is 1.49 bits per heavy atom. The molecular formula is C51H80N6O10. The van der Waals surface area contributed by atoms with Crippen LogP contribution in [0, 0.1) is 23.7 Å². The molecule has 4 unspecified atom stereocenters. The van der Waals surface area contributed by atoms with E-state index in [2.05, 4.69) is 16.0 Å². The van der Waals surface area contributed by atoms with Gasteiger partial charge in [0.05, 0.1) is 42.7 Å². The Kier molecular flexibility index (Phi) is 21.8. The van der Waals surface area contributed by atoms with Crippen molar-refractivity contribution < 1.29 is 48.1 Å². The van der Waals surface area contributed by atoms with Crippen molar-refractivity contribution in [3.63, 3.8) is 0 Å². The number of hydrogen-bond acceptors (Lipinski definition) is 10. The van der Waals surface area contributed by atoms with Crippen LogP contribution in [0.3, 0.4) is 0 Å². The second-order valence-corrected chi connectivity index (χ2v) is 19.8. The van der Waals surface area contributed by atoms with E-state index < -0.39 is 71.9 Å². The molecular weight excluding hydrogens is 857 g/mol. The minimum absolute atomic E-state index is 0.0534. The summed E-state index contributed by atoms with van der Waals surface area (Å²) in [6, 6.07) is 12.8. The highest BCUT2D eigenvalue weighted by Crippen LogP contribution is 2.30. The van der Waals surface area contributed by atoms with Gasteiger partial charge in [0.2, 0.25) is 23.6 Å². The van der Waals surface area contributed by atoms with Crippen molar-refractivity contribution in [1.29, 1.82) is 0 Å². The van der Waals surface area contributed by atoms with Gasteiger partial charge in [0, 0.05) is 46.5 Å². The van der Waals surface area contributed by atoms with Crippen LogP contribution in [0.25, 0.3) is 0 Å². The first-order valence-corrected chi connectivity index (χ1v) is 23.7. The first-order valence-electron chi connectivity index (χ1n) is 23.7. The lowest BCUT2D eigenvalue weighted by molar-refractivity contribution is -0.148. The number of carbonyl (C=O) groups is 6. The zero-order chi connectivity index (χ0) is 50.3. The van der Waals surface area contributed by atoms with E-state index in [-0.39, 0.29) is 48.3 Å². The van der Waals surface area contributed by atoms with Gasteiger partial charge in [-0.1, -0.05) is 97.4 Å². The molecule has 1 aliphatic heterocycles. The Hall–Kier alpha value is -5.06. The third-order valence-corrected chi connectivity index (χ3v) is 12.8. The number of methoxy groups -OCH3 is 2. The van der Waals surface area contributed by atoms with Crippen LogP contribution in [0.1, 0.15) is 106 Å². The van der Waals surface area contributed by atoms with Gasteiger partial charge in [0.1, 0.15) is 17.7 Å². The minimum atomic E-state index is -1.15. The molecule has 0 spiro atoms. The molecule has 0 aromatic heterocycles. The molecule has 9 atom stereocenters. The maximum Gasteiger partial charge on any atom is 0.412 e. The normalized spacial score (nSPS) is 17.7. The molecule has 0 saturated carbocycles. The number of carboxylic acids is 1. The summed E-state index contributed by atoms with van der Waals surface area (Å²) in [6.45, 7) is 19.6. The number of rotatable bonds is 24. The standard InChI is InChI=1S/C51H80N6O10/c1-15-33(6)44(40(65-13)29-41(58)57-26-20-25-39(57)45(66-14)34(7)46(59)53-38(49(62)63)28-35-21-17-16-18-22-35)56(12)48(61)42(31(2)3)54-47(60)43(32(4)5)55(11)30-36-23-19-24-37(27-36)52-50(64)67-51(8,9)10/h16-19,21-24,27,31-34,38-40,42-45H,15,20,25-26,28-30H2,1-14H3,(H,52,64)(H,53,59)(H,54,60)(H,62,63)/t33-,34+,38?,39?,40+,42?,43?,44-,45+/m0/s1. The van der Waals surface area contributed by atoms with Crippen molar-refractivity contribution in [2.24, 2.45) is 23.7 Å². The molecule has 16 heteroatoms. The summed E-state index contributed by atoms with van der Waals surface area (Å²) in [5.41, 5.74) is 1.55. The molecule has 4 N–H and O–H groups in total.